The van der Waals surface area contributed by atoms with Crippen molar-refractivity contribution in [3.05, 3.63) is 84.7 Å². The molecule has 1 fully saturated rings. The molecule has 0 amide bonds. The van der Waals surface area contributed by atoms with Crippen LogP contribution < -0.4 is 20.1 Å². The molecule has 1 aliphatic rings. The van der Waals surface area contributed by atoms with E-state index in [0.29, 0.717) is 16.6 Å². The van der Waals surface area contributed by atoms with Gasteiger partial charge in [0.1, 0.15) is 23.5 Å². The molecule has 0 saturated carbocycles. The number of nitrogens with two attached hydrogens (primary N) is 1. The standard InChI is InChI=1S/C33H37N6O8P/c1-20(30(40)45-21(2)22-11-6-5-7-12-22)38-48(42,47-26-16-10-14-23-13-8-9-15-25(23)26)44-18-24-17-33(3,41)31(46-24)39-19-35-27-28(39)36-32(34)37-29(27)43-4/h5-16,19-21,24,31,41H,17-18H2,1-4H3,(H,38,42)(H2,34,36,37)/t20?,21-,24-,31?,33+,48?/m0/s1. The first-order valence-electron chi connectivity index (χ1n) is 15.3. The van der Waals surface area contributed by atoms with Crippen LogP contribution in [0.4, 0.5) is 5.95 Å². The Labute approximate surface area is 276 Å². The Morgan fingerprint density at radius 3 is 2.62 bits per heavy atom. The predicted octanol–water partition coefficient (Wildman–Crippen LogP) is 5.10. The fourth-order valence-electron chi connectivity index (χ4n) is 5.66. The molecule has 0 aliphatic carbocycles. The first-order valence-corrected chi connectivity index (χ1v) is 16.9. The maximum absolute atomic E-state index is 14.5. The van der Waals surface area contributed by atoms with E-state index in [4.69, 9.17) is 29.0 Å². The third-order valence-corrected chi connectivity index (χ3v) is 9.64. The number of carbonyl (C=O) groups excluding carboxylic acids is 1. The normalized spacial score (nSPS) is 21.9. The van der Waals surface area contributed by atoms with Gasteiger partial charge in [-0.05, 0) is 37.8 Å². The lowest BCUT2D eigenvalue weighted by Gasteiger charge is -2.25. The summed E-state index contributed by atoms with van der Waals surface area (Å²) < 4.78 is 45.2. The van der Waals surface area contributed by atoms with Crippen molar-refractivity contribution in [1.82, 2.24) is 24.6 Å². The van der Waals surface area contributed by atoms with Crippen molar-refractivity contribution in [1.29, 1.82) is 0 Å². The molecule has 14 nitrogen and oxygen atoms in total. The zero-order chi connectivity index (χ0) is 34.1. The monoisotopic (exact) mass is 676 g/mol. The van der Waals surface area contributed by atoms with Crippen molar-refractivity contribution in [2.75, 3.05) is 19.5 Å². The molecule has 2 aromatic heterocycles. The summed E-state index contributed by atoms with van der Waals surface area (Å²) in [6, 6.07) is 21.0. The van der Waals surface area contributed by atoms with E-state index < -0.39 is 43.8 Å². The van der Waals surface area contributed by atoms with Crippen molar-refractivity contribution in [2.45, 2.75) is 57.3 Å². The van der Waals surface area contributed by atoms with Crippen LogP contribution in [0.5, 0.6) is 11.6 Å². The van der Waals surface area contributed by atoms with Gasteiger partial charge in [-0.15, -0.1) is 0 Å². The molecule has 0 radical (unpaired) electrons. The Kier molecular flexibility index (Phi) is 9.37. The second-order valence-corrected chi connectivity index (χ2v) is 13.5. The molecule has 6 atom stereocenters. The molecule has 0 spiro atoms. The molecule has 1 aliphatic heterocycles. The van der Waals surface area contributed by atoms with Crippen LogP contribution in [0.2, 0.25) is 0 Å². The number of methoxy groups -OCH3 is 1. The summed E-state index contributed by atoms with van der Waals surface area (Å²) in [5.74, 6) is -0.227. The third-order valence-electron chi connectivity index (χ3n) is 8.01. The molecule has 3 unspecified atom stereocenters. The average molecular weight is 677 g/mol. The molecule has 3 aromatic carbocycles. The average Bonchev–Trinajstić information content (AvgIpc) is 3.62. The molecule has 15 heteroatoms. The Morgan fingerprint density at radius 2 is 1.85 bits per heavy atom. The number of anilines is 1. The van der Waals surface area contributed by atoms with Gasteiger partial charge in [-0.1, -0.05) is 66.7 Å². The minimum Gasteiger partial charge on any atom is -0.479 e. The lowest BCUT2D eigenvalue weighted by atomic mass is 10.0. The van der Waals surface area contributed by atoms with Gasteiger partial charge in [-0.2, -0.15) is 15.1 Å². The molecule has 6 rings (SSSR count). The smallest absolute Gasteiger partial charge is 0.459 e. The summed E-state index contributed by atoms with van der Waals surface area (Å²) in [4.78, 5) is 25.8. The number of ether oxygens (including phenoxy) is 3. The Bertz CT molecular complexity index is 1970. The Balaban J connectivity index is 1.22. The van der Waals surface area contributed by atoms with E-state index in [-0.39, 0.29) is 30.6 Å². The lowest BCUT2D eigenvalue weighted by molar-refractivity contribution is -0.150. The fourth-order valence-corrected chi connectivity index (χ4v) is 7.20. The summed E-state index contributed by atoms with van der Waals surface area (Å²) in [6.45, 7) is 4.60. The zero-order valence-electron chi connectivity index (χ0n) is 26.8. The van der Waals surface area contributed by atoms with Crippen LogP contribution in [0.25, 0.3) is 21.9 Å². The number of nitrogen functional groups attached to an aromatic ring is 1. The number of imidazole rings is 1. The Hall–Kier alpha value is -4.59. The number of rotatable bonds is 12. The van der Waals surface area contributed by atoms with Crippen LogP contribution in [0.1, 0.15) is 45.1 Å². The van der Waals surface area contributed by atoms with Gasteiger partial charge in [-0.3, -0.25) is 13.9 Å². The van der Waals surface area contributed by atoms with E-state index >= 15 is 0 Å². The predicted molar refractivity (Wildman–Crippen MR) is 177 cm³/mol. The van der Waals surface area contributed by atoms with Crippen LogP contribution >= 0.6 is 7.75 Å². The topological polar surface area (TPSA) is 182 Å². The van der Waals surface area contributed by atoms with E-state index in [0.717, 1.165) is 10.9 Å². The number of aliphatic hydroxyl groups is 1. The van der Waals surface area contributed by atoms with Crippen molar-refractivity contribution in [3.8, 4) is 11.6 Å². The van der Waals surface area contributed by atoms with Crippen molar-refractivity contribution in [3.63, 3.8) is 0 Å². The van der Waals surface area contributed by atoms with Gasteiger partial charge in [0, 0.05) is 11.8 Å². The van der Waals surface area contributed by atoms with Crippen LogP contribution in [0, 0.1) is 0 Å². The van der Waals surface area contributed by atoms with E-state index in [9.17, 15) is 14.5 Å². The first-order chi connectivity index (χ1) is 23.0. The summed E-state index contributed by atoms with van der Waals surface area (Å²) in [5.41, 5.74) is 5.90. The highest BCUT2D eigenvalue weighted by molar-refractivity contribution is 7.52. The third kappa shape index (κ3) is 6.98. The lowest BCUT2D eigenvalue weighted by Crippen LogP contribution is -2.36. The number of hydrogen-bond donors (Lipinski definition) is 3. The molecular weight excluding hydrogens is 639 g/mol. The highest BCUT2D eigenvalue weighted by atomic mass is 31.2. The zero-order valence-corrected chi connectivity index (χ0v) is 27.7. The molecular formula is C33H37N6O8P. The molecule has 5 aromatic rings. The van der Waals surface area contributed by atoms with Gasteiger partial charge in [0.25, 0.3) is 0 Å². The van der Waals surface area contributed by atoms with Crippen molar-refractivity contribution >= 4 is 41.6 Å². The minimum absolute atomic E-state index is 0.0398. The van der Waals surface area contributed by atoms with Gasteiger partial charge in [-0.25, -0.2) is 9.55 Å². The summed E-state index contributed by atoms with van der Waals surface area (Å²) in [5, 5.41) is 15.7. The number of nitrogens with zero attached hydrogens (tertiary/aromatic N) is 4. The highest BCUT2D eigenvalue weighted by Crippen LogP contribution is 2.48. The summed E-state index contributed by atoms with van der Waals surface area (Å²) in [7, 11) is -2.85. The van der Waals surface area contributed by atoms with Crippen LogP contribution in [-0.4, -0.2) is 62.1 Å². The molecule has 4 N–H and O–H groups in total. The quantitative estimate of drug-likeness (QED) is 0.117. The molecule has 0 bridgehead atoms. The number of hydrogen-bond acceptors (Lipinski definition) is 12. The van der Waals surface area contributed by atoms with E-state index in [1.807, 2.05) is 60.7 Å². The first kappa shape index (κ1) is 33.3. The van der Waals surface area contributed by atoms with E-state index in [1.54, 1.807) is 26.0 Å². The van der Waals surface area contributed by atoms with Gasteiger partial charge >= 0.3 is 13.7 Å². The number of aromatic nitrogens is 4. The van der Waals surface area contributed by atoms with Gasteiger partial charge in [0.2, 0.25) is 11.8 Å². The summed E-state index contributed by atoms with van der Waals surface area (Å²) in [6.07, 6.45) is -0.725. The van der Waals surface area contributed by atoms with E-state index in [1.165, 1.54) is 24.9 Å². The summed E-state index contributed by atoms with van der Waals surface area (Å²) >= 11 is 0. The highest BCUT2D eigenvalue weighted by Gasteiger charge is 2.47. The van der Waals surface area contributed by atoms with Crippen molar-refractivity contribution < 1.29 is 37.7 Å². The molecule has 3 heterocycles. The second-order valence-electron chi connectivity index (χ2n) is 11.8. The maximum atomic E-state index is 14.5. The number of esters is 1. The minimum atomic E-state index is -4.29. The van der Waals surface area contributed by atoms with Crippen LogP contribution in [-0.2, 0) is 23.4 Å². The van der Waals surface area contributed by atoms with Crippen LogP contribution in [0.3, 0.4) is 0 Å². The fraction of sp³-hybridized carbons (Fsp3) is 0.333. The van der Waals surface area contributed by atoms with Gasteiger partial charge in [0.15, 0.2) is 17.4 Å². The number of carbonyl (C=O) groups is 1. The van der Waals surface area contributed by atoms with Gasteiger partial charge in [0.05, 0.1) is 26.1 Å². The van der Waals surface area contributed by atoms with Crippen LogP contribution in [0.15, 0.2) is 79.1 Å². The molecule has 48 heavy (non-hydrogen) atoms. The molecule has 252 valence electrons. The maximum Gasteiger partial charge on any atom is 0.459 e. The Morgan fingerprint density at radius 1 is 1.12 bits per heavy atom. The second kappa shape index (κ2) is 13.5. The number of benzene rings is 3. The number of nitrogens with one attached hydrogen (secondary N) is 1. The van der Waals surface area contributed by atoms with Crippen molar-refractivity contribution in [2.24, 2.45) is 0 Å². The molecule has 1 saturated heterocycles. The SMILES string of the molecule is COc1nc(N)nc2c1ncn2C1O[C@H](COP(=O)(NC(C)C(=O)O[C@@H](C)c2ccccc2)Oc2cccc3ccccc23)C[C@@]1(C)O. The van der Waals surface area contributed by atoms with Gasteiger partial charge < -0.3 is 29.6 Å². The number of fused-ring (bicyclic) bond motifs is 2. The largest absolute Gasteiger partial charge is 0.479 e. The van der Waals surface area contributed by atoms with E-state index in [2.05, 4.69) is 20.0 Å².